The van der Waals surface area contributed by atoms with Gasteiger partial charge in [0.25, 0.3) is 5.91 Å². The number of β-lactam (4-membered cyclic amide) rings is 1. The van der Waals surface area contributed by atoms with Gasteiger partial charge in [-0.1, -0.05) is 72.3 Å². The van der Waals surface area contributed by atoms with Gasteiger partial charge >= 0.3 is 5.97 Å². The third-order valence-electron chi connectivity index (χ3n) is 6.27. The second-order valence-electron chi connectivity index (χ2n) is 8.21. The van der Waals surface area contributed by atoms with Crippen molar-refractivity contribution < 1.29 is 19.5 Å². The van der Waals surface area contributed by atoms with Crippen molar-refractivity contribution in [1.82, 2.24) is 15.1 Å². The zero-order valence-electron chi connectivity index (χ0n) is 17.6. The van der Waals surface area contributed by atoms with Gasteiger partial charge in [-0.25, -0.2) is 4.79 Å². The van der Waals surface area contributed by atoms with Crippen LogP contribution in [0.1, 0.15) is 23.6 Å². The summed E-state index contributed by atoms with van der Waals surface area (Å²) in [5.74, 6) is -1.52. The van der Waals surface area contributed by atoms with Gasteiger partial charge in [0.05, 0.1) is 11.2 Å². The Bertz CT molecular complexity index is 1130. The number of carboxylic acids is 1. The van der Waals surface area contributed by atoms with Gasteiger partial charge in [-0.15, -0.1) is 11.8 Å². The third-order valence-corrected chi connectivity index (χ3v) is 8.01. The molecule has 2 saturated heterocycles. The fraction of sp³-hybridized carbons (Fsp3) is 0.292. The van der Waals surface area contributed by atoms with Crippen molar-refractivity contribution >= 4 is 41.1 Å². The molecule has 0 bridgehead atoms. The predicted octanol–water partition coefficient (Wildman–Crippen LogP) is 2.94. The Balaban J connectivity index is 1.43. The molecule has 0 aromatic heterocycles. The lowest BCUT2D eigenvalue weighted by Crippen LogP contribution is -2.72. The Morgan fingerprint density at radius 1 is 1.06 bits per heavy atom. The average molecular weight is 484 g/mol. The van der Waals surface area contributed by atoms with Crippen molar-refractivity contribution in [3.8, 4) is 0 Å². The van der Waals surface area contributed by atoms with Gasteiger partial charge in [0, 0.05) is 5.75 Å². The lowest BCUT2D eigenvalue weighted by atomic mass is 10.0. The largest absolute Gasteiger partial charge is 0.477 e. The summed E-state index contributed by atoms with van der Waals surface area (Å²) in [6, 6.07) is 18.1. The smallest absolute Gasteiger partial charge is 0.353 e. The third kappa shape index (κ3) is 3.82. The van der Waals surface area contributed by atoms with Crippen LogP contribution < -0.4 is 5.32 Å². The molecular formula is C24H22ClN3O4S. The van der Waals surface area contributed by atoms with Gasteiger partial charge in [-0.2, -0.15) is 0 Å². The minimum Gasteiger partial charge on any atom is -0.477 e. The summed E-state index contributed by atoms with van der Waals surface area (Å²) in [6.07, 6.45) is 1.01. The number of hydrogen-bond donors (Lipinski definition) is 2. The molecule has 0 spiro atoms. The van der Waals surface area contributed by atoms with Crippen LogP contribution >= 0.6 is 23.4 Å². The monoisotopic (exact) mass is 483 g/mol. The number of amides is 2. The maximum Gasteiger partial charge on any atom is 0.353 e. The molecule has 3 unspecified atom stereocenters. The average Bonchev–Trinajstić information content (AvgIpc) is 3.14. The number of nitrogens with one attached hydrogen (secondary N) is 1. The van der Waals surface area contributed by atoms with Crippen molar-refractivity contribution in [1.29, 1.82) is 0 Å². The number of nitrogens with zero attached hydrogens (tertiary/aromatic N) is 2. The molecule has 2 aromatic carbocycles. The van der Waals surface area contributed by atoms with Gasteiger partial charge in [0.2, 0.25) is 5.91 Å². The van der Waals surface area contributed by atoms with Crippen LogP contribution in [0.4, 0.5) is 0 Å². The Hall–Kier alpha value is -2.81. The number of aliphatic carboxylic acids is 1. The molecule has 0 radical (unpaired) electrons. The zero-order valence-corrected chi connectivity index (χ0v) is 19.1. The van der Waals surface area contributed by atoms with Crippen LogP contribution in [0.3, 0.4) is 0 Å². The van der Waals surface area contributed by atoms with E-state index in [1.54, 1.807) is 4.90 Å². The van der Waals surface area contributed by atoms with E-state index in [1.165, 1.54) is 16.7 Å². The molecule has 0 aliphatic carbocycles. The molecule has 3 aliphatic heterocycles. The molecule has 7 nitrogen and oxygen atoms in total. The highest BCUT2D eigenvalue weighted by Gasteiger charge is 2.60. The Morgan fingerprint density at radius 3 is 2.39 bits per heavy atom. The van der Waals surface area contributed by atoms with Crippen LogP contribution in [-0.2, 0) is 20.8 Å². The second kappa shape index (κ2) is 8.85. The van der Waals surface area contributed by atoms with Crippen LogP contribution in [0.2, 0.25) is 0 Å². The number of carboxylic acid groups (broad SMARTS) is 1. The zero-order chi connectivity index (χ0) is 23.1. The summed E-state index contributed by atoms with van der Waals surface area (Å²) < 4.78 is 0. The molecule has 5 rings (SSSR count). The highest BCUT2D eigenvalue weighted by molar-refractivity contribution is 8.00. The van der Waals surface area contributed by atoms with Crippen LogP contribution in [0, 0.1) is 0 Å². The first kappa shape index (κ1) is 22.0. The first-order valence-electron chi connectivity index (χ1n) is 10.7. The summed E-state index contributed by atoms with van der Waals surface area (Å²) in [4.78, 5) is 41.4. The van der Waals surface area contributed by atoms with Crippen LogP contribution in [0.25, 0.3) is 0 Å². The van der Waals surface area contributed by atoms with Crippen molar-refractivity contribution in [2.45, 2.75) is 36.5 Å². The number of aryl methyl sites for hydroxylation is 1. The molecule has 4 atom stereocenters. The van der Waals surface area contributed by atoms with E-state index in [1.807, 2.05) is 60.7 Å². The quantitative estimate of drug-likeness (QED) is 0.614. The Kier molecular flexibility index (Phi) is 5.90. The maximum absolute atomic E-state index is 13.6. The molecule has 2 fully saturated rings. The minimum absolute atomic E-state index is 0.143. The number of hydrogen-bond acceptors (Lipinski definition) is 5. The Morgan fingerprint density at radius 2 is 1.73 bits per heavy atom. The highest BCUT2D eigenvalue weighted by Crippen LogP contribution is 2.45. The fourth-order valence-corrected chi connectivity index (χ4v) is 6.32. The molecular weight excluding hydrogens is 462 g/mol. The predicted molar refractivity (Wildman–Crippen MR) is 125 cm³/mol. The second-order valence-corrected chi connectivity index (χ2v) is 9.77. The normalized spacial score (nSPS) is 26.9. The molecule has 9 heteroatoms. The molecule has 0 saturated carbocycles. The topological polar surface area (TPSA) is 90.0 Å². The molecule has 3 aliphatic rings. The van der Waals surface area contributed by atoms with Crippen LogP contribution in [0.15, 0.2) is 71.4 Å². The summed E-state index contributed by atoms with van der Waals surface area (Å²) >= 11 is 7.50. The number of halogens is 1. The number of benzene rings is 2. The van der Waals surface area contributed by atoms with Crippen molar-refractivity contribution in [2.75, 3.05) is 5.75 Å². The van der Waals surface area contributed by atoms with Gasteiger partial charge < -0.3 is 10.0 Å². The van der Waals surface area contributed by atoms with Gasteiger partial charge in [0.15, 0.2) is 0 Å². The molecule has 2 N–H and O–H groups in total. The lowest BCUT2D eigenvalue weighted by molar-refractivity contribution is -0.160. The molecule has 3 heterocycles. The Labute approximate surface area is 200 Å². The molecule has 2 amide bonds. The number of thioether (sulfide) groups is 1. The van der Waals surface area contributed by atoms with E-state index in [4.69, 9.17) is 11.6 Å². The molecule has 33 heavy (non-hydrogen) atoms. The maximum atomic E-state index is 13.6. The summed E-state index contributed by atoms with van der Waals surface area (Å²) in [5.41, 5.74) is 1.80. The molecule has 170 valence electrons. The number of fused-ring (bicyclic) bond motifs is 1. The van der Waals surface area contributed by atoms with Gasteiger partial charge in [-0.3, -0.25) is 19.8 Å². The van der Waals surface area contributed by atoms with E-state index in [9.17, 15) is 19.5 Å². The van der Waals surface area contributed by atoms with E-state index in [0.717, 1.165) is 17.5 Å². The van der Waals surface area contributed by atoms with Crippen LogP contribution in [-0.4, -0.2) is 56.0 Å². The number of rotatable bonds is 6. The van der Waals surface area contributed by atoms with Crippen LogP contribution in [0.5, 0.6) is 0 Å². The summed E-state index contributed by atoms with van der Waals surface area (Å²) in [5, 5.41) is 12.7. The van der Waals surface area contributed by atoms with E-state index in [0.29, 0.717) is 12.2 Å². The molecule has 2 aromatic rings. The van der Waals surface area contributed by atoms with E-state index in [-0.39, 0.29) is 22.8 Å². The van der Waals surface area contributed by atoms with E-state index in [2.05, 4.69) is 5.32 Å². The van der Waals surface area contributed by atoms with E-state index < -0.39 is 29.3 Å². The summed E-state index contributed by atoms with van der Waals surface area (Å²) in [7, 11) is 0. The lowest BCUT2D eigenvalue weighted by Gasteiger charge is -2.52. The SMILES string of the molecule is O=C(O)C1=C(Cl)CS[C@@H]2C(N3C(=O)C(c4ccccc4)NC3CCc3ccccc3)C(=O)N12. The number of carbonyl (C=O) groups excluding carboxylic acids is 2. The fourth-order valence-electron chi connectivity index (χ4n) is 4.72. The van der Waals surface area contributed by atoms with Gasteiger partial charge in [-0.05, 0) is 24.0 Å². The van der Waals surface area contributed by atoms with E-state index >= 15 is 0 Å². The summed E-state index contributed by atoms with van der Waals surface area (Å²) in [6.45, 7) is 0. The van der Waals surface area contributed by atoms with Gasteiger partial charge in [0.1, 0.15) is 23.2 Å². The first-order chi connectivity index (χ1) is 16.0. The van der Waals surface area contributed by atoms with Crippen molar-refractivity contribution in [3.63, 3.8) is 0 Å². The first-order valence-corrected chi connectivity index (χ1v) is 12.1. The highest BCUT2D eigenvalue weighted by atomic mass is 35.5. The number of carbonyl (C=O) groups is 3. The minimum atomic E-state index is -1.23. The standard InChI is InChI=1S/C24H22ClN3O4S/c25-16-13-33-23-20(22(30)28(23)19(16)24(31)32)27-17(12-11-14-7-3-1-4-8-14)26-18(21(27)29)15-9-5-2-6-10-15/h1-10,17-18,20,23,26H,11-13H2,(H,31,32)/t17?,18?,20?,23-/m1/s1. The van der Waals surface area contributed by atoms with Crippen molar-refractivity contribution in [3.05, 3.63) is 82.5 Å². The van der Waals surface area contributed by atoms with Crippen molar-refractivity contribution in [2.24, 2.45) is 0 Å².